The number of nitrogens with zero attached hydrogens (tertiary/aromatic N) is 1. The molecule has 0 atom stereocenters. The molecule has 0 bridgehead atoms. The van der Waals surface area contributed by atoms with E-state index in [9.17, 15) is 13.2 Å². The van der Waals surface area contributed by atoms with E-state index in [4.69, 9.17) is 27.9 Å². The number of ether oxygens (including phenoxy) is 1. The molecule has 0 radical (unpaired) electrons. The highest BCUT2D eigenvalue weighted by molar-refractivity contribution is 7.89. The summed E-state index contributed by atoms with van der Waals surface area (Å²) in [5.74, 6) is -0.445. The van der Waals surface area contributed by atoms with E-state index in [0.29, 0.717) is 18.1 Å². The molecule has 1 heterocycles. The molecule has 132 valence electrons. The van der Waals surface area contributed by atoms with Crippen LogP contribution in [0, 0.1) is 0 Å². The summed E-state index contributed by atoms with van der Waals surface area (Å²) in [5.41, 5.74) is 0.228. The summed E-state index contributed by atoms with van der Waals surface area (Å²) in [6.07, 6.45) is 1.73. The number of halogens is 2. The summed E-state index contributed by atoms with van der Waals surface area (Å²) in [7, 11) is -3.51. The third-order valence-electron chi connectivity index (χ3n) is 3.89. The first-order valence-electron chi connectivity index (χ1n) is 7.65. The van der Waals surface area contributed by atoms with Crippen LogP contribution in [0.25, 0.3) is 0 Å². The Bertz CT molecular complexity index is 891. The van der Waals surface area contributed by atoms with E-state index >= 15 is 0 Å². The van der Waals surface area contributed by atoms with Gasteiger partial charge >= 0.3 is 5.97 Å². The van der Waals surface area contributed by atoms with Crippen molar-refractivity contribution in [3.05, 3.63) is 58.1 Å². The Kier molecular flexibility index (Phi) is 5.34. The summed E-state index contributed by atoms with van der Waals surface area (Å²) in [5, 5.41) is 0.648. The highest BCUT2D eigenvalue weighted by atomic mass is 35.5. The fourth-order valence-electron chi connectivity index (χ4n) is 2.56. The highest BCUT2D eigenvalue weighted by Crippen LogP contribution is 2.28. The van der Waals surface area contributed by atoms with Crippen LogP contribution in [-0.4, -0.2) is 31.8 Å². The highest BCUT2D eigenvalue weighted by Gasteiger charge is 2.27. The molecule has 1 saturated heterocycles. The molecule has 0 unspecified atom stereocenters. The van der Waals surface area contributed by atoms with Crippen LogP contribution in [0.2, 0.25) is 10.0 Å². The van der Waals surface area contributed by atoms with E-state index in [1.165, 1.54) is 40.7 Å². The summed E-state index contributed by atoms with van der Waals surface area (Å²) in [4.78, 5) is 12.4. The zero-order valence-electron chi connectivity index (χ0n) is 13.1. The number of benzene rings is 2. The van der Waals surface area contributed by atoms with E-state index in [2.05, 4.69) is 0 Å². The maximum atomic E-state index is 12.5. The van der Waals surface area contributed by atoms with E-state index in [-0.39, 0.29) is 21.2 Å². The standard InChI is InChI=1S/C17H15Cl2NO4S/c18-13-5-8-16(15(19)11-13)24-17(21)12-3-6-14(7-4-12)25(22,23)20-9-1-2-10-20/h3-8,11H,1-2,9-10H2. The fourth-order valence-corrected chi connectivity index (χ4v) is 4.52. The smallest absolute Gasteiger partial charge is 0.343 e. The molecule has 2 aromatic carbocycles. The van der Waals surface area contributed by atoms with Crippen molar-refractivity contribution in [1.29, 1.82) is 0 Å². The molecule has 1 aliphatic heterocycles. The molecule has 0 aliphatic carbocycles. The molecule has 1 fully saturated rings. The van der Waals surface area contributed by atoms with Crippen molar-refractivity contribution in [3.63, 3.8) is 0 Å². The molecule has 0 saturated carbocycles. The number of carbonyl (C=O) groups excluding carboxylic acids is 1. The van der Waals surface area contributed by atoms with Gasteiger partial charge in [0.05, 0.1) is 15.5 Å². The number of hydrogen-bond donors (Lipinski definition) is 0. The van der Waals surface area contributed by atoms with Crippen molar-refractivity contribution in [2.45, 2.75) is 17.7 Å². The minimum atomic E-state index is -3.51. The molecule has 2 aromatic rings. The molecule has 5 nitrogen and oxygen atoms in total. The quantitative estimate of drug-likeness (QED) is 0.575. The Labute approximate surface area is 156 Å². The van der Waals surface area contributed by atoms with Gasteiger partial charge in [0.2, 0.25) is 10.0 Å². The molecule has 0 spiro atoms. The molecule has 25 heavy (non-hydrogen) atoms. The maximum Gasteiger partial charge on any atom is 0.343 e. The van der Waals surface area contributed by atoms with Crippen LogP contribution >= 0.6 is 23.2 Å². The zero-order chi connectivity index (χ0) is 18.0. The first-order chi connectivity index (χ1) is 11.9. The van der Waals surface area contributed by atoms with Gasteiger partial charge < -0.3 is 4.74 Å². The Hall–Kier alpha value is -1.60. The van der Waals surface area contributed by atoms with Gasteiger partial charge in [0.15, 0.2) is 0 Å². The van der Waals surface area contributed by atoms with Gasteiger partial charge in [-0.2, -0.15) is 4.31 Å². The predicted molar refractivity (Wildman–Crippen MR) is 95.9 cm³/mol. The van der Waals surface area contributed by atoms with Gasteiger partial charge in [-0.25, -0.2) is 13.2 Å². The molecular weight excluding hydrogens is 385 g/mol. The lowest BCUT2D eigenvalue weighted by molar-refractivity contribution is 0.0734. The first-order valence-corrected chi connectivity index (χ1v) is 9.85. The van der Waals surface area contributed by atoms with Crippen LogP contribution in [0.15, 0.2) is 47.4 Å². The van der Waals surface area contributed by atoms with Crippen molar-refractivity contribution < 1.29 is 17.9 Å². The third kappa shape index (κ3) is 3.98. The van der Waals surface area contributed by atoms with Crippen molar-refractivity contribution in [3.8, 4) is 5.75 Å². The fraction of sp³-hybridized carbons (Fsp3) is 0.235. The number of rotatable bonds is 4. The van der Waals surface area contributed by atoms with Gasteiger partial charge in [0, 0.05) is 18.1 Å². The minimum Gasteiger partial charge on any atom is -0.421 e. The number of sulfonamides is 1. The van der Waals surface area contributed by atoms with Crippen LogP contribution in [-0.2, 0) is 10.0 Å². The van der Waals surface area contributed by atoms with Crippen molar-refractivity contribution in [2.75, 3.05) is 13.1 Å². The molecule has 8 heteroatoms. The lowest BCUT2D eigenvalue weighted by atomic mass is 10.2. The normalized spacial score (nSPS) is 15.3. The summed E-state index contributed by atoms with van der Waals surface area (Å²) in [6.45, 7) is 1.06. The van der Waals surface area contributed by atoms with Crippen molar-refractivity contribution in [2.24, 2.45) is 0 Å². The monoisotopic (exact) mass is 399 g/mol. The first kappa shape index (κ1) is 18.2. The predicted octanol–water partition coefficient (Wildman–Crippen LogP) is 4.00. The zero-order valence-corrected chi connectivity index (χ0v) is 15.4. The molecule has 1 aliphatic rings. The van der Waals surface area contributed by atoms with E-state index in [0.717, 1.165) is 12.8 Å². The Morgan fingerprint density at radius 2 is 1.64 bits per heavy atom. The van der Waals surface area contributed by atoms with Crippen LogP contribution in [0.5, 0.6) is 5.75 Å². The Morgan fingerprint density at radius 3 is 2.24 bits per heavy atom. The molecule has 0 N–H and O–H groups in total. The van der Waals surface area contributed by atoms with E-state index in [1.807, 2.05) is 0 Å². The van der Waals surface area contributed by atoms with Gasteiger partial charge in [-0.1, -0.05) is 23.2 Å². The Balaban J connectivity index is 1.76. The van der Waals surface area contributed by atoms with Crippen LogP contribution in [0.3, 0.4) is 0 Å². The van der Waals surface area contributed by atoms with E-state index < -0.39 is 16.0 Å². The average Bonchev–Trinajstić information content (AvgIpc) is 3.13. The van der Waals surface area contributed by atoms with Crippen LogP contribution < -0.4 is 4.74 Å². The average molecular weight is 400 g/mol. The van der Waals surface area contributed by atoms with Gasteiger partial charge in [0.25, 0.3) is 0 Å². The van der Waals surface area contributed by atoms with E-state index in [1.54, 1.807) is 6.07 Å². The van der Waals surface area contributed by atoms with Crippen LogP contribution in [0.1, 0.15) is 23.2 Å². The Morgan fingerprint density at radius 1 is 1.00 bits per heavy atom. The van der Waals surface area contributed by atoms with Gasteiger partial charge in [-0.05, 0) is 55.3 Å². The van der Waals surface area contributed by atoms with Crippen molar-refractivity contribution in [1.82, 2.24) is 4.31 Å². The molecule has 0 amide bonds. The largest absolute Gasteiger partial charge is 0.421 e. The second kappa shape index (κ2) is 7.33. The third-order valence-corrected chi connectivity index (χ3v) is 6.33. The van der Waals surface area contributed by atoms with Gasteiger partial charge in [0.1, 0.15) is 5.75 Å². The SMILES string of the molecule is O=C(Oc1ccc(Cl)cc1Cl)c1ccc(S(=O)(=O)N2CCCC2)cc1. The van der Waals surface area contributed by atoms with Gasteiger partial charge in [-0.3, -0.25) is 0 Å². The lowest BCUT2D eigenvalue weighted by Crippen LogP contribution is -2.27. The van der Waals surface area contributed by atoms with Crippen LogP contribution in [0.4, 0.5) is 0 Å². The summed E-state index contributed by atoms with van der Waals surface area (Å²) >= 11 is 11.8. The number of esters is 1. The lowest BCUT2D eigenvalue weighted by Gasteiger charge is -2.15. The van der Waals surface area contributed by atoms with Crippen molar-refractivity contribution >= 4 is 39.2 Å². The molecular formula is C17H15Cl2NO4S. The maximum absolute atomic E-state index is 12.5. The molecule has 0 aromatic heterocycles. The molecule has 3 rings (SSSR count). The topological polar surface area (TPSA) is 63.7 Å². The number of hydrogen-bond acceptors (Lipinski definition) is 4. The minimum absolute atomic E-state index is 0.162. The summed E-state index contributed by atoms with van der Waals surface area (Å²) in [6, 6.07) is 10.2. The second-order valence-electron chi connectivity index (χ2n) is 5.60. The summed E-state index contributed by atoms with van der Waals surface area (Å²) < 4.78 is 31.6. The van der Waals surface area contributed by atoms with Gasteiger partial charge in [-0.15, -0.1) is 0 Å². The second-order valence-corrected chi connectivity index (χ2v) is 8.38. The number of carbonyl (C=O) groups is 1.